The fraction of sp³-hybridized carbons (Fsp3) is 0.750. The summed E-state index contributed by atoms with van der Waals surface area (Å²) in [6, 6.07) is 0. The normalized spacial score (nSPS) is 20.8. The van der Waals surface area contributed by atoms with Crippen LogP contribution < -0.4 is 5.32 Å². The molecule has 1 unspecified atom stereocenters. The molecule has 1 aliphatic rings. The fourth-order valence-electron chi connectivity index (χ4n) is 1.81. The van der Waals surface area contributed by atoms with Crippen LogP contribution in [0.2, 0.25) is 0 Å². The summed E-state index contributed by atoms with van der Waals surface area (Å²) in [7, 11) is 0. The van der Waals surface area contributed by atoms with E-state index in [1.807, 2.05) is 0 Å². The van der Waals surface area contributed by atoms with Crippen LogP contribution in [-0.2, 0) is 11.3 Å². The van der Waals surface area contributed by atoms with Crippen LogP contribution >= 0.6 is 11.3 Å². The summed E-state index contributed by atoms with van der Waals surface area (Å²) in [4.78, 5) is 4.62. The van der Waals surface area contributed by atoms with Crippen molar-refractivity contribution in [3.8, 4) is 0 Å². The molecule has 2 heterocycles. The minimum absolute atomic E-state index is 0.267. The number of hydrogen-bond donors (Lipinski definition) is 1. The maximum absolute atomic E-state index is 5.62. The second kappa shape index (κ2) is 5.75. The quantitative estimate of drug-likeness (QED) is 0.859. The van der Waals surface area contributed by atoms with Gasteiger partial charge in [-0.2, -0.15) is 0 Å². The standard InChI is InChI=1S/C12H20N2OS/c1-9(2)6-13-7-10-8-16-12(14-10)11-4-3-5-15-11/h8-9,11,13H,3-7H2,1-2H3. The lowest BCUT2D eigenvalue weighted by Crippen LogP contribution is -2.19. The van der Waals surface area contributed by atoms with E-state index in [4.69, 9.17) is 4.74 Å². The molecule has 0 saturated carbocycles. The smallest absolute Gasteiger partial charge is 0.122 e. The molecule has 1 saturated heterocycles. The number of nitrogens with zero attached hydrogens (tertiary/aromatic N) is 1. The number of hydrogen-bond acceptors (Lipinski definition) is 4. The highest BCUT2D eigenvalue weighted by molar-refractivity contribution is 7.09. The molecule has 0 radical (unpaired) electrons. The maximum Gasteiger partial charge on any atom is 0.122 e. The van der Waals surface area contributed by atoms with Crippen LogP contribution in [-0.4, -0.2) is 18.1 Å². The summed E-state index contributed by atoms with van der Waals surface area (Å²) in [5.41, 5.74) is 1.15. The fourth-order valence-corrected chi connectivity index (χ4v) is 2.71. The predicted octanol–water partition coefficient (Wildman–Crippen LogP) is 2.74. The van der Waals surface area contributed by atoms with Crippen molar-refractivity contribution in [1.82, 2.24) is 10.3 Å². The Labute approximate surface area is 101 Å². The maximum atomic E-state index is 5.62. The SMILES string of the molecule is CC(C)CNCc1csc(C2CCCO2)n1. The van der Waals surface area contributed by atoms with Crippen molar-refractivity contribution in [2.24, 2.45) is 5.92 Å². The number of thiazole rings is 1. The van der Waals surface area contributed by atoms with Crippen LogP contribution in [0.15, 0.2) is 5.38 Å². The van der Waals surface area contributed by atoms with E-state index in [1.54, 1.807) is 11.3 Å². The minimum atomic E-state index is 0.267. The van der Waals surface area contributed by atoms with Crippen molar-refractivity contribution in [3.05, 3.63) is 16.1 Å². The average Bonchev–Trinajstić information content (AvgIpc) is 2.85. The summed E-state index contributed by atoms with van der Waals surface area (Å²) in [6.07, 6.45) is 2.57. The summed E-state index contributed by atoms with van der Waals surface area (Å²) in [5.74, 6) is 0.691. The Morgan fingerprint density at radius 3 is 3.19 bits per heavy atom. The summed E-state index contributed by atoms with van der Waals surface area (Å²) < 4.78 is 5.62. The molecular formula is C12H20N2OS. The Balaban J connectivity index is 1.82. The van der Waals surface area contributed by atoms with Crippen molar-refractivity contribution in [2.75, 3.05) is 13.2 Å². The Kier molecular flexibility index (Phi) is 4.32. The molecule has 0 aromatic carbocycles. The summed E-state index contributed by atoms with van der Waals surface area (Å²) in [6.45, 7) is 7.25. The zero-order valence-corrected chi connectivity index (χ0v) is 10.8. The van der Waals surface area contributed by atoms with E-state index in [-0.39, 0.29) is 6.10 Å². The van der Waals surface area contributed by atoms with Crippen molar-refractivity contribution >= 4 is 11.3 Å². The predicted molar refractivity (Wildman–Crippen MR) is 66.6 cm³/mol. The molecule has 4 heteroatoms. The molecule has 0 spiro atoms. The third kappa shape index (κ3) is 3.27. The van der Waals surface area contributed by atoms with E-state index in [2.05, 4.69) is 29.5 Å². The van der Waals surface area contributed by atoms with Gasteiger partial charge < -0.3 is 10.1 Å². The number of ether oxygens (including phenoxy) is 1. The first-order valence-electron chi connectivity index (χ1n) is 6.02. The molecule has 1 aromatic heterocycles. The Bertz CT molecular complexity index is 319. The molecular weight excluding hydrogens is 220 g/mol. The second-order valence-electron chi connectivity index (χ2n) is 4.70. The molecule has 3 nitrogen and oxygen atoms in total. The third-order valence-corrected chi connectivity index (χ3v) is 3.62. The van der Waals surface area contributed by atoms with Crippen LogP contribution in [0.5, 0.6) is 0 Å². The van der Waals surface area contributed by atoms with Crippen molar-refractivity contribution in [2.45, 2.75) is 39.3 Å². The first kappa shape index (κ1) is 12.0. The molecule has 1 atom stereocenters. The summed E-state index contributed by atoms with van der Waals surface area (Å²) in [5, 5.41) is 6.70. The highest BCUT2D eigenvalue weighted by atomic mass is 32.1. The lowest BCUT2D eigenvalue weighted by molar-refractivity contribution is 0.111. The Hall–Kier alpha value is -0.450. The van der Waals surface area contributed by atoms with Crippen LogP contribution in [0.1, 0.15) is 43.5 Å². The number of nitrogens with one attached hydrogen (secondary N) is 1. The lowest BCUT2D eigenvalue weighted by atomic mass is 10.2. The van der Waals surface area contributed by atoms with E-state index in [0.717, 1.165) is 36.8 Å². The van der Waals surface area contributed by atoms with Gasteiger partial charge in [0.1, 0.15) is 11.1 Å². The van der Waals surface area contributed by atoms with Gasteiger partial charge in [-0.1, -0.05) is 13.8 Å². The first-order valence-corrected chi connectivity index (χ1v) is 6.90. The van der Waals surface area contributed by atoms with Crippen LogP contribution in [0.4, 0.5) is 0 Å². The molecule has 1 aliphatic heterocycles. The van der Waals surface area contributed by atoms with Gasteiger partial charge in [0.15, 0.2) is 0 Å². The van der Waals surface area contributed by atoms with Crippen LogP contribution in [0, 0.1) is 5.92 Å². The molecule has 1 aromatic rings. The molecule has 0 bridgehead atoms. The van der Waals surface area contributed by atoms with Gasteiger partial charge in [-0.3, -0.25) is 0 Å². The molecule has 1 fully saturated rings. The van der Waals surface area contributed by atoms with Gasteiger partial charge in [0.2, 0.25) is 0 Å². The zero-order valence-electron chi connectivity index (χ0n) is 10.0. The van der Waals surface area contributed by atoms with Crippen molar-refractivity contribution < 1.29 is 4.74 Å². The van der Waals surface area contributed by atoms with Gasteiger partial charge in [0.05, 0.1) is 5.69 Å². The van der Waals surface area contributed by atoms with E-state index in [1.165, 1.54) is 6.42 Å². The van der Waals surface area contributed by atoms with Crippen molar-refractivity contribution in [3.63, 3.8) is 0 Å². The zero-order chi connectivity index (χ0) is 11.4. The monoisotopic (exact) mass is 240 g/mol. The highest BCUT2D eigenvalue weighted by Crippen LogP contribution is 2.30. The van der Waals surface area contributed by atoms with Crippen LogP contribution in [0.3, 0.4) is 0 Å². The molecule has 90 valence electrons. The van der Waals surface area contributed by atoms with Gasteiger partial charge in [0, 0.05) is 18.5 Å². The Morgan fingerprint density at radius 1 is 1.62 bits per heavy atom. The topological polar surface area (TPSA) is 34.1 Å². The van der Waals surface area contributed by atoms with Crippen molar-refractivity contribution in [1.29, 1.82) is 0 Å². The Morgan fingerprint density at radius 2 is 2.50 bits per heavy atom. The molecule has 0 aliphatic carbocycles. The first-order chi connectivity index (χ1) is 7.75. The number of rotatable bonds is 5. The van der Waals surface area contributed by atoms with Gasteiger partial charge in [-0.25, -0.2) is 4.98 Å². The number of aromatic nitrogens is 1. The van der Waals surface area contributed by atoms with Gasteiger partial charge in [0.25, 0.3) is 0 Å². The van der Waals surface area contributed by atoms with E-state index in [0.29, 0.717) is 5.92 Å². The minimum Gasteiger partial charge on any atom is -0.371 e. The highest BCUT2D eigenvalue weighted by Gasteiger charge is 2.20. The molecule has 16 heavy (non-hydrogen) atoms. The lowest BCUT2D eigenvalue weighted by Gasteiger charge is -2.05. The van der Waals surface area contributed by atoms with Gasteiger partial charge in [-0.15, -0.1) is 11.3 Å². The summed E-state index contributed by atoms with van der Waals surface area (Å²) >= 11 is 1.73. The average molecular weight is 240 g/mol. The largest absolute Gasteiger partial charge is 0.371 e. The molecule has 2 rings (SSSR count). The third-order valence-electron chi connectivity index (χ3n) is 2.63. The second-order valence-corrected chi connectivity index (χ2v) is 5.59. The van der Waals surface area contributed by atoms with Crippen LogP contribution in [0.25, 0.3) is 0 Å². The van der Waals surface area contributed by atoms with Gasteiger partial charge >= 0.3 is 0 Å². The van der Waals surface area contributed by atoms with E-state index in [9.17, 15) is 0 Å². The van der Waals surface area contributed by atoms with E-state index < -0.39 is 0 Å². The van der Waals surface area contributed by atoms with Gasteiger partial charge in [-0.05, 0) is 25.3 Å². The van der Waals surface area contributed by atoms with E-state index >= 15 is 0 Å². The molecule has 1 N–H and O–H groups in total. The molecule has 0 amide bonds.